The van der Waals surface area contributed by atoms with Crippen LogP contribution in [0.1, 0.15) is 18.5 Å². The number of imidazole rings is 1. The SMILES string of the molecule is C=CC(=O)Nc1cc(F)ccc1Nc1ncc2cc(-c3c(Cl)c(OC)cc(OC)c3Cl)c3nc(CC4CCN(C)CC4)cn3c2n1. The van der Waals surface area contributed by atoms with Crippen molar-refractivity contribution in [1.82, 2.24) is 24.3 Å². The molecule has 6 rings (SSSR count). The fourth-order valence-electron chi connectivity index (χ4n) is 5.74. The predicted octanol–water partition coefficient (Wildman–Crippen LogP) is 7.16. The van der Waals surface area contributed by atoms with Gasteiger partial charge in [-0.3, -0.25) is 9.20 Å². The molecule has 1 aliphatic rings. The summed E-state index contributed by atoms with van der Waals surface area (Å²) in [6, 6.07) is 7.51. The van der Waals surface area contributed by atoms with E-state index in [4.69, 9.17) is 42.6 Å². The number of methoxy groups -OCH3 is 2. The van der Waals surface area contributed by atoms with Gasteiger partial charge in [-0.15, -0.1) is 0 Å². The third-order valence-electron chi connectivity index (χ3n) is 8.17. The van der Waals surface area contributed by atoms with Gasteiger partial charge < -0.3 is 25.0 Å². The van der Waals surface area contributed by atoms with Crippen molar-refractivity contribution in [2.24, 2.45) is 5.92 Å². The molecular formula is C33H32Cl2FN7O3. The van der Waals surface area contributed by atoms with Crippen molar-refractivity contribution < 1.29 is 18.7 Å². The Labute approximate surface area is 275 Å². The van der Waals surface area contributed by atoms with Crippen molar-refractivity contribution >= 4 is 63.1 Å². The van der Waals surface area contributed by atoms with Gasteiger partial charge in [0.25, 0.3) is 0 Å². The molecule has 1 fully saturated rings. The fraction of sp³-hybridized carbons (Fsp3) is 0.273. The molecule has 0 spiro atoms. The van der Waals surface area contributed by atoms with Gasteiger partial charge in [0.05, 0.1) is 41.3 Å². The molecule has 0 aliphatic carbocycles. The van der Waals surface area contributed by atoms with Gasteiger partial charge in [-0.05, 0) is 75.7 Å². The second kappa shape index (κ2) is 13.1. The first-order valence-corrected chi connectivity index (χ1v) is 15.4. The van der Waals surface area contributed by atoms with Crippen molar-refractivity contribution in [3.05, 3.63) is 76.9 Å². The minimum absolute atomic E-state index is 0.216. The average molecular weight is 665 g/mol. The standard InChI is InChI=1S/C33H32Cl2FN7O3/c1-5-27(44)39-24-14-20(36)6-7-23(24)40-33-37-16-19-13-22(28-29(34)25(45-3)15-26(46-4)30(28)35)32-38-21(17-43(32)31(19)41-33)12-18-8-10-42(2)11-9-18/h5-7,13-18H,1,8-12H2,2-4H3,(H,39,44)(H,37,40,41). The molecule has 0 bridgehead atoms. The van der Waals surface area contributed by atoms with Gasteiger partial charge in [0.1, 0.15) is 23.0 Å². The summed E-state index contributed by atoms with van der Waals surface area (Å²) in [5.74, 6) is 0.541. The molecule has 3 aromatic heterocycles. The van der Waals surface area contributed by atoms with Crippen LogP contribution >= 0.6 is 23.2 Å². The Morgan fingerprint density at radius 3 is 2.46 bits per heavy atom. The lowest BCUT2D eigenvalue weighted by Gasteiger charge is -2.28. The highest BCUT2D eigenvalue weighted by Crippen LogP contribution is 2.47. The van der Waals surface area contributed by atoms with Crippen LogP contribution in [0.25, 0.3) is 27.8 Å². The molecule has 1 amide bonds. The summed E-state index contributed by atoms with van der Waals surface area (Å²) in [5, 5.41) is 7.04. The van der Waals surface area contributed by atoms with E-state index in [0.29, 0.717) is 61.0 Å². The summed E-state index contributed by atoms with van der Waals surface area (Å²) in [5.41, 5.74) is 3.86. The normalized spacial score (nSPS) is 14.0. The topological polar surface area (TPSA) is 106 Å². The van der Waals surface area contributed by atoms with E-state index in [2.05, 4.69) is 34.1 Å². The summed E-state index contributed by atoms with van der Waals surface area (Å²) >= 11 is 13.8. The number of carbonyl (C=O) groups excluding carboxylic acids is 1. The van der Waals surface area contributed by atoms with Gasteiger partial charge in [0, 0.05) is 35.0 Å². The molecule has 2 aromatic carbocycles. The quantitative estimate of drug-likeness (QED) is 0.160. The zero-order valence-electron chi connectivity index (χ0n) is 25.5. The third-order valence-corrected chi connectivity index (χ3v) is 8.92. The first-order valence-electron chi connectivity index (χ1n) is 14.7. The molecule has 5 aromatic rings. The molecule has 1 aliphatic heterocycles. The monoisotopic (exact) mass is 663 g/mol. The van der Waals surface area contributed by atoms with E-state index in [1.165, 1.54) is 32.4 Å². The number of pyridine rings is 1. The van der Waals surface area contributed by atoms with E-state index in [1.54, 1.807) is 12.3 Å². The Hall–Kier alpha value is -4.45. The van der Waals surface area contributed by atoms with E-state index >= 15 is 0 Å². The maximum Gasteiger partial charge on any atom is 0.247 e. The Kier molecular flexibility index (Phi) is 8.99. The number of carbonyl (C=O) groups is 1. The van der Waals surface area contributed by atoms with Gasteiger partial charge in [-0.1, -0.05) is 29.8 Å². The van der Waals surface area contributed by atoms with Crippen LogP contribution in [0.3, 0.4) is 0 Å². The molecule has 238 valence electrons. The third kappa shape index (κ3) is 6.18. The Bertz CT molecular complexity index is 1950. The summed E-state index contributed by atoms with van der Waals surface area (Å²) < 4.78 is 27.1. The van der Waals surface area contributed by atoms with Crippen molar-refractivity contribution in [2.45, 2.75) is 19.3 Å². The average Bonchev–Trinajstić information content (AvgIpc) is 3.48. The zero-order chi connectivity index (χ0) is 32.5. The van der Waals surface area contributed by atoms with E-state index in [9.17, 15) is 9.18 Å². The molecule has 1 saturated heterocycles. The molecule has 0 radical (unpaired) electrons. The van der Waals surface area contributed by atoms with Gasteiger partial charge in [0.2, 0.25) is 11.9 Å². The lowest BCUT2D eigenvalue weighted by atomic mass is 9.93. The molecule has 0 atom stereocenters. The molecule has 13 heteroatoms. The molecule has 46 heavy (non-hydrogen) atoms. The molecule has 10 nitrogen and oxygen atoms in total. The molecule has 0 unspecified atom stereocenters. The number of ether oxygens (including phenoxy) is 2. The first kappa shape index (κ1) is 31.5. The molecule has 4 heterocycles. The van der Waals surface area contributed by atoms with Crippen LogP contribution in [-0.2, 0) is 11.2 Å². The van der Waals surface area contributed by atoms with Crippen LogP contribution in [0.2, 0.25) is 10.0 Å². The van der Waals surface area contributed by atoms with Crippen LogP contribution < -0.4 is 20.1 Å². The maximum absolute atomic E-state index is 14.1. The van der Waals surface area contributed by atoms with E-state index < -0.39 is 11.7 Å². The number of anilines is 3. The number of hydrogen-bond donors (Lipinski definition) is 2. The van der Waals surface area contributed by atoms with Crippen LogP contribution in [0.15, 0.2) is 55.4 Å². The highest BCUT2D eigenvalue weighted by molar-refractivity contribution is 6.41. The molecule has 0 saturated carbocycles. The second-order valence-electron chi connectivity index (χ2n) is 11.2. The summed E-state index contributed by atoms with van der Waals surface area (Å²) in [6.45, 7) is 5.55. The van der Waals surface area contributed by atoms with E-state index in [-0.39, 0.29) is 11.6 Å². The number of aromatic nitrogens is 4. The van der Waals surface area contributed by atoms with E-state index in [1.807, 2.05) is 16.7 Å². The highest BCUT2D eigenvalue weighted by Gasteiger charge is 2.25. The number of rotatable bonds is 9. The lowest BCUT2D eigenvalue weighted by molar-refractivity contribution is -0.111. The maximum atomic E-state index is 14.1. The number of halogens is 3. The largest absolute Gasteiger partial charge is 0.495 e. The number of nitrogens with zero attached hydrogens (tertiary/aromatic N) is 5. The number of nitrogens with one attached hydrogen (secondary N) is 2. The van der Waals surface area contributed by atoms with Gasteiger partial charge >= 0.3 is 0 Å². The number of amides is 1. The summed E-state index contributed by atoms with van der Waals surface area (Å²) in [4.78, 5) is 28.8. The number of likely N-dealkylation sites (tertiary alicyclic amines) is 1. The van der Waals surface area contributed by atoms with Crippen molar-refractivity contribution in [3.63, 3.8) is 0 Å². The van der Waals surface area contributed by atoms with Gasteiger partial charge in [0.15, 0.2) is 5.65 Å². The van der Waals surface area contributed by atoms with Crippen LogP contribution in [0.4, 0.5) is 21.7 Å². The Morgan fingerprint density at radius 2 is 1.78 bits per heavy atom. The van der Waals surface area contributed by atoms with Crippen molar-refractivity contribution in [1.29, 1.82) is 0 Å². The number of piperidine rings is 1. The van der Waals surface area contributed by atoms with Crippen molar-refractivity contribution in [2.75, 3.05) is 45.0 Å². The zero-order valence-corrected chi connectivity index (χ0v) is 27.0. The minimum Gasteiger partial charge on any atom is -0.495 e. The molecule has 2 N–H and O–H groups in total. The number of hydrogen-bond acceptors (Lipinski definition) is 8. The van der Waals surface area contributed by atoms with Crippen LogP contribution in [-0.4, -0.2) is 64.5 Å². The van der Waals surface area contributed by atoms with Gasteiger partial charge in [-0.2, -0.15) is 4.98 Å². The summed E-state index contributed by atoms with van der Waals surface area (Å²) in [7, 11) is 5.20. The molecular weight excluding hydrogens is 632 g/mol. The highest BCUT2D eigenvalue weighted by atomic mass is 35.5. The van der Waals surface area contributed by atoms with Crippen LogP contribution in [0.5, 0.6) is 11.5 Å². The fourth-order valence-corrected chi connectivity index (χ4v) is 6.44. The second-order valence-corrected chi connectivity index (χ2v) is 12.0. The number of benzene rings is 2. The lowest BCUT2D eigenvalue weighted by Crippen LogP contribution is -2.30. The summed E-state index contributed by atoms with van der Waals surface area (Å²) in [6.07, 6.45) is 7.73. The minimum atomic E-state index is -0.513. The Morgan fingerprint density at radius 1 is 1.07 bits per heavy atom. The number of fused-ring (bicyclic) bond motifs is 3. The predicted molar refractivity (Wildman–Crippen MR) is 179 cm³/mol. The smallest absolute Gasteiger partial charge is 0.247 e. The van der Waals surface area contributed by atoms with E-state index in [0.717, 1.165) is 44.1 Å². The van der Waals surface area contributed by atoms with Gasteiger partial charge in [-0.25, -0.2) is 14.4 Å². The van der Waals surface area contributed by atoms with Crippen LogP contribution in [0, 0.1) is 11.7 Å². The van der Waals surface area contributed by atoms with Crippen molar-refractivity contribution in [3.8, 4) is 22.6 Å². The Balaban J connectivity index is 1.51. The first-order chi connectivity index (χ1) is 22.2.